The Morgan fingerprint density at radius 1 is 1.41 bits per heavy atom. The summed E-state index contributed by atoms with van der Waals surface area (Å²) < 4.78 is 5.37. The number of hydrogen-bond acceptors (Lipinski definition) is 3. The van der Waals surface area contributed by atoms with Gasteiger partial charge in [-0.3, -0.25) is 4.79 Å². The van der Waals surface area contributed by atoms with E-state index in [2.05, 4.69) is 12.2 Å². The lowest BCUT2D eigenvalue weighted by molar-refractivity contribution is -0.145. The zero-order valence-electron chi connectivity index (χ0n) is 9.92. The molecular weight excluding hydrogens is 218 g/mol. The van der Waals surface area contributed by atoms with Crippen LogP contribution in [0.4, 0.5) is 0 Å². The molecule has 0 aromatic carbocycles. The molecule has 1 aliphatic heterocycles. The molecule has 2 bridgehead atoms. The van der Waals surface area contributed by atoms with Gasteiger partial charge in [-0.2, -0.15) is 0 Å². The fraction of sp³-hybridized carbons (Fsp3) is 0.769. The lowest BCUT2D eigenvalue weighted by Crippen LogP contribution is -2.49. The zero-order chi connectivity index (χ0) is 11.8. The smallest absolute Gasteiger partial charge is 0.226 e. The Morgan fingerprint density at radius 3 is 2.94 bits per heavy atom. The molecule has 0 aromatic heterocycles. The highest BCUT2D eigenvalue weighted by Gasteiger charge is 2.42. The van der Waals surface area contributed by atoms with Gasteiger partial charge in [0, 0.05) is 19.0 Å². The van der Waals surface area contributed by atoms with Crippen LogP contribution >= 0.6 is 0 Å². The molecule has 4 nitrogen and oxygen atoms in total. The van der Waals surface area contributed by atoms with Gasteiger partial charge in [0.2, 0.25) is 5.91 Å². The molecule has 2 aliphatic carbocycles. The lowest BCUT2D eigenvalue weighted by atomic mass is 9.92. The maximum absolute atomic E-state index is 12.4. The summed E-state index contributed by atoms with van der Waals surface area (Å²) in [5.41, 5.74) is 0. The minimum atomic E-state index is -0.193. The van der Waals surface area contributed by atoms with E-state index in [1.807, 2.05) is 4.90 Å². The van der Waals surface area contributed by atoms with Crippen molar-refractivity contribution in [1.82, 2.24) is 4.90 Å². The molecule has 0 radical (unpaired) electrons. The fourth-order valence-corrected chi connectivity index (χ4v) is 3.33. The topological polar surface area (TPSA) is 49.8 Å². The number of allylic oxidation sites excluding steroid dienone is 2. The third-order valence-electron chi connectivity index (χ3n) is 4.25. The maximum atomic E-state index is 12.4. The van der Waals surface area contributed by atoms with Gasteiger partial charge < -0.3 is 14.7 Å². The van der Waals surface area contributed by atoms with E-state index in [1.165, 1.54) is 0 Å². The van der Waals surface area contributed by atoms with Gasteiger partial charge in [0.05, 0.1) is 19.3 Å². The highest BCUT2D eigenvalue weighted by atomic mass is 16.5. The first-order chi connectivity index (χ1) is 8.28. The molecule has 1 heterocycles. The zero-order valence-corrected chi connectivity index (χ0v) is 9.92. The van der Waals surface area contributed by atoms with Gasteiger partial charge in [0.25, 0.3) is 0 Å². The summed E-state index contributed by atoms with van der Waals surface area (Å²) >= 11 is 0. The first-order valence-corrected chi connectivity index (χ1v) is 6.47. The van der Waals surface area contributed by atoms with E-state index in [1.54, 1.807) is 0 Å². The van der Waals surface area contributed by atoms with E-state index < -0.39 is 0 Å². The Hall–Kier alpha value is -0.870. The number of carbonyl (C=O) groups excluding carboxylic acids is 1. The molecule has 2 fully saturated rings. The van der Waals surface area contributed by atoms with Crippen LogP contribution in [0.5, 0.6) is 0 Å². The number of hydrogen-bond donors (Lipinski definition) is 1. The number of amides is 1. The van der Waals surface area contributed by atoms with E-state index in [-0.39, 0.29) is 24.5 Å². The number of carbonyl (C=O) groups is 1. The Morgan fingerprint density at radius 2 is 2.29 bits per heavy atom. The van der Waals surface area contributed by atoms with Crippen LogP contribution in [0, 0.1) is 17.8 Å². The predicted molar refractivity (Wildman–Crippen MR) is 62.2 cm³/mol. The molecule has 1 saturated carbocycles. The van der Waals surface area contributed by atoms with Gasteiger partial charge in [0.15, 0.2) is 0 Å². The summed E-state index contributed by atoms with van der Waals surface area (Å²) in [7, 11) is 0. The van der Waals surface area contributed by atoms with Crippen molar-refractivity contribution in [3.8, 4) is 0 Å². The SMILES string of the molecule is O=C(C1CC2C=CC1C2)N1CCOC(CO)C1. The monoisotopic (exact) mass is 237 g/mol. The van der Waals surface area contributed by atoms with Crippen LogP contribution in [-0.2, 0) is 9.53 Å². The van der Waals surface area contributed by atoms with E-state index >= 15 is 0 Å². The third-order valence-corrected chi connectivity index (χ3v) is 4.25. The standard InChI is InChI=1S/C13H19NO3/c15-8-11-7-14(3-4-17-11)13(16)12-6-9-1-2-10(12)5-9/h1-2,9-12,15H,3-8H2. The summed E-state index contributed by atoms with van der Waals surface area (Å²) in [6.45, 7) is 1.77. The second kappa shape index (κ2) is 4.42. The van der Waals surface area contributed by atoms with Crippen LogP contribution in [0.2, 0.25) is 0 Å². The minimum absolute atomic E-state index is 0.000400. The van der Waals surface area contributed by atoms with Crippen LogP contribution in [-0.4, -0.2) is 48.3 Å². The van der Waals surface area contributed by atoms with Crippen molar-refractivity contribution in [2.45, 2.75) is 18.9 Å². The molecule has 0 aromatic rings. The van der Waals surface area contributed by atoms with Gasteiger partial charge in [-0.15, -0.1) is 0 Å². The Kier molecular flexibility index (Phi) is 2.92. The molecule has 1 N–H and O–H groups in total. The number of aliphatic hydroxyl groups is 1. The predicted octanol–water partition coefficient (Wildman–Crippen LogP) is 0.418. The summed E-state index contributed by atoms with van der Waals surface area (Å²) in [6, 6.07) is 0. The lowest BCUT2D eigenvalue weighted by Gasteiger charge is -2.34. The Labute approximate surface area is 101 Å². The van der Waals surface area contributed by atoms with Crippen molar-refractivity contribution in [2.24, 2.45) is 17.8 Å². The molecule has 17 heavy (non-hydrogen) atoms. The van der Waals surface area contributed by atoms with Crippen molar-refractivity contribution < 1.29 is 14.6 Å². The first-order valence-electron chi connectivity index (χ1n) is 6.47. The summed E-state index contributed by atoms with van der Waals surface area (Å²) in [5, 5.41) is 9.09. The van der Waals surface area contributed by atoms with Crippen LogP contribution in [0.25, 0.3) is 0 Å². The van der Waals surface area contributed by atoms with Gasteiger partial charge in [-0.25, -0.2) is 0 Å². The average Bonchev–Trinajstić information content (AvgIpc) is 3.00. The van der Waals surface area contributed by atoms with Gasteiger partial charge in [-0.1, -0.05) is 12.2 Å². The Bertz CT molecular complexity index is 342. The minimum Gasteiger partial charge on any atom is -0.394 e. The fourth-order valence-electron chi connectivity index (χ4n) is 3.33. The normalized spacial score (nSPS) is 39.9. The number of ether oxygens (including phenoxy) is 1. The van der Waals surface area contributed by atoms with Crippen molar-refractivity contribution in [3.63, 3.8) is 0 Å². The van der Waals surface area contributed by atoms with E-state index in [0.29, 0.717) is 31.5 Å². The largest absolute Gasteiger partial charge is 0.394 e. The summed E-state index contributed by atoms with van der Waals surface area (Å²) in [4.78, 5) is 14.3. The molecule has 4 heteroatoms. The van der Waals surface area contributed by atoms with Gasteiger partial charge in [0.1, 0.15) is 0 Å². The maximum Gasteiger partial charge on any atom is 0.226 e. The van der Waals surface area contributed by atoms with Crippen LogP contribution in [0.1, 0.15) is 12.8 Å². The molecule has 1 amide bonds. The van der Waals surface area contributed by atoms with Gasteiger partial charge >= 0.3 is 0 Å². The number of aliphatic hydroxyl groups excluding tert-OH is 1. The first kappa shape index (κ1) is 11.2. The summed E-state index contributed by atoms with van der Waals surface area (Å²) in [5.74, 6) is 1.54. The molecule has 4 atom stereocenters. The average molecular weight is 237 g/mol. The quantitative estimate of drug-likeness (QED) is 0.708. The third kappa shape index (κ3) is 2.00. The van der Waals surface area contributed by atoms with Crippen LogP contribution in [0.15, 0.2) is 12.2 Å². The molecule has 4 unspecified atom stereocenters. The van der Waals surface area contributed by atoms with Crippen molar-refractivity contribution in [3.05, 3.63) is 12.2 Å². The number of nitrogens with zero attached hydrogens (tertiary/aromatic N) is 1. The van der Waals surface area contributed by atoms with Crippen molar-refractivity contribution in [2.75, 3.05) is 26.3 Å². The molecular formula is C13H19NO3. The van der Waals surface area contributed by atoms with Crippen LogP contribution in [0.3, 0.4) is 0 Å². The molecule has 0 spiro atoms. The van der Waals surface area contributed by atoms with E-state index in [0.717, 1.165) is 12.8 Å². The second-order valence-electron chi connectivity index (χ2n) is 5.35. The molecule has 94 valence electrons. The second-order valence-corrected chi connectivity index (χ2v) is 5.35. The van der Waals surface area contributed by atoms with E-state index in [9.17, 15) is 4.79 Å². The highest BCUT2D eigenvalue weighted by Crippen LogP contribution is 2.44. The van der Waals surface area contributed by atoms with Crippen LogP contribution < -0.4 is 0 Å². The molecule has 3 rings (SSSR count). The Balaban J connectivity index is 1.64. The molecule has 3 aliphatic rings. The van der Waals surface area contributed by atoms with Crippen molar-refractivity contribution in [1.29, 1.82) is 0 Å². The van der Waals surface area contributed by atoms with Gasteiger partial charge in [-0.05, 0) is 24.7 Å². The van der Waals surface area contributed by atoms with E-state index in [4.69, 9.17) is 9.84 Å². The molecule has 1 saturated heterocycles. The number of rotatable bonds is 2. The number of morpholine rings is 1. The van der Waals surface area contributed by atoms with Crippen molar-refractivity contribution >= 4 is 5.91 Å². The highest BCUT2D eigenvalue weighted by molar-refractivity contribution is 5.80. The summed E-state index contributed by atoms with van der Waals surface area (Å²) in [6.07, 6.45) is 6.44. The number of fused-ring (bicyclic) bond motifs is 2.